The first-order valence-electron chi connectivity index (χ1n) is 14.8. The van der Waals surface area contributed by atoms with E-state index < -0.39 is 0 Å². The summed E-state index contributed by atoms with van der Waals surface area (Å²) in [6.07, 6.45) is 3.97. The summed E-state index contributed by atoms with van der Waals surface area (Å²) in [4.78, 5) is 0. The minimum atomic E-state index is -0.351. The summed E-state index contributed by atoms with van der Waals surface area (Å²) in [5.41, 5.74) is 10.9. The lowest BCUT2D eigenvalue weighted by atomic mass is 9.84. The van der Waals surface area contributed by atoms with Crippen LogP contribution in [0, 0.1) is 13.8 Å². The highest BCUT2D eigenvalue weighted by molar-refractivity contribution is 6.14. The molecule has 0 unspecified atom stereocenters. The lowest BCUT2D eigenvalue weighted by Gasteiger charge is -2.29. The highest BCUT2D eigenvalue weighted by Crippen LogP contribution is 2.41. The van der Waals surface area contributed by atoms with Gasteiger partial charge >= 0.3 is 0 Å². The molecule has 1 N–H and O–H groups in total. The van der Waals surface area contributed by atoms with Crippen molar-refractivity contribution < 1.29 is 4.42 Å². The lowest BCUT2D eigenvalue weighted by molar-refractivity contribution is 0.605. The molecule has 0 aliphatic rings. The molecule has 7 rings (SSSR count). The molecule has 0 saturated carbocycles. The maximum atomic E-state index is 6.31. The van der Waals surface area contributed by atoms with Crippen molar-refractivity contribution in [2.75, 3.05) is 5.32 Å². The fraction of sp³-hybridized carbons (Fsp3) is 0.122. The van der Waals surface area contributed by atoms with Crippen molar-refractivity contribution in [1.82, 2.24) is 0 Å². The van der Waals surface area contributed by atoms with Gasteiger partial charge in [-0.15, -0.1) is 0 Å². The number of hydrogen-bond donors (Lipinski definition) is 1. The van der Waals surface area contributed by atoms with Crippen LogP contribution in [0.2, 0.25) is 0 Å². The van der Waals surface area contributed by atoms with E-state index in [0.29, 0.717) is 0 Å². The van der Waals surface area contributed by atoms with Crippen LogP contribution < -0.4 is 5.32 Å². The van der Waals surface area contributed by atoms with E-state index in [1.165, 1.54) is 49.4 Å². The number of rotatable bonds is 6. The van der Waals surface area contributed by atoms with Crippen molar-refractivity contribution in [3.05, 3.63) is 138 Å². The molecule has 43 heavy (non-hydrogen) atoms. The van der Waals surface area contributed by atoms with Gasteiger partial charge in [-0.2, -0.15) is 0 Å². The van der Waals surface area contributed by atoms with E-state index in [4.69, 9.17) is 4.42 Å². The van der Waals surface area contributed by atoms with Crippen molar-refractivity contribution in [1.29, 1.82) is 0 Å². The molecule has 1 heterocycles. The van der Waals surface area contributed by atoms with Gasteiger partial charge in [-0.3, -0.25) is 0 Å². The van der Waals surface area contributed by atoms with Crippen LogP contribution in [0.4, 0.5) is 5.69 Å². The summed E-state index contributed by atoms with van der Waals surface area (Å²) in [5.74, 6) is 0. The minimum Gasteiger partial charge on any atom is -0.454 e. The molecule has 0 spiro atoms. The molecule has 7 aromatic rings. The highest BCUT2D eigenvalue weighted by Gasteiger charge is 2.24. The zero-order valence-corrected chi connectivity index (χ0v) is 25.2. The summed E-state index contributed by atoms with van der Waals surface area (Å²) in [5, 5.41) is 10.9. The van der Waals surface area contributed by atoms with Gasteiger partial charge in [-0.05, 0) is 112 Å². The molecule has 0 atom stereocenters. The number of hydrogen-bond acceptors (Lipinski definition) is 2. The standard InChI is InChI=1S/C41H35NO/c1-7-30-31(8-2)39-28(24-35(30)38-25(3)13-11-14-26(38)4)20-19-27-23-29(21-22-32(27)39)41(5,6)42-36-17-12-16-34-33-15-9-10-18-37(33)43-40(34)36/h7-24,42H,1-2H2,3-6H3. The Kier molecular flexibility index (Phi) is 6.25. The third-order valence-electron chi connectivity index (χ3n) is 8.93. The van der Waals surface area contributed by atoms with Crippen LogP contribution in [0.1, 0.15) is 41.7 Å². The summed E-state index contributed by atoms with van der Waals surface area (Å²) >= 11 is 0. The first-order chi connectivity index (χ1) is 20.8. The maximum Gasteiger partial charge on any atom is 0.158 e. The van der Waals surface area contributed by atoms with E-state index in [1.807, 2.05) is 24.3 Å². The summed E-state index contributed by atoms with van der Waals surface area (Å²) in [6.45, 7) is 17.3. The molecule has 0 aliphatic carbocycles. The van der Waals surface area contributed by atoms with Gasteiger partial charge in [0.2, 0.25) is 0 Å². The second-order valence-electron chi connectivity index (χ2n) is 12.1. The average Bonchev–Trinajstić information content (AvgIpc) is 3.39. The van der Waals surface area contributed by atoms with Gasteiger partial charge in [0.05, 0.1) is 11.2 Å². The van der Waals surface area contributed by atoms with Crippen LogP contribution in [0.5, 0.6) is 0 Å². The van der Waals surface area contributed by atoms with Gasteiger partial charge < -0.3 is 9.73 Å². The second kappa shape index (κ2) is 10.0. The third kappa shape index (κ3) is 4.25. The summed E-state index contributed by atoms with van der Waals surface area (Å²) in [6, 6.07) is 34.6. The molecule has 0 fully saturated rings. The van der Waals surface area contributed by atoms with Crippen molar-refractivity contribution in [3.63, 3.8) is 0 Å². The number of fused-ring (bicyclic) bond motifs is 6. The van der Waals surface area contributed by atoms with Crippen LogP contribution >= 0.6 is 0 Å². The molecular formula is C41H35NO. The van der Waals surface area contributed by atoms with Crippen LogP contribution in [0.15, 0.2) is 115 Å². The largest absolute Gasteiger partial charge is 0.454 e. The van der Waals surface area contributed by atoms with Crippen LogP contribution in [-0.4, -0.2) is 0 Å². The van der Waals surface area contributed by atoms with Crippen LogP contribution in [-0.2, 0) is 5.54 Å². The summed E-state index contributed by atoms with van der Waals surface area (Å²) < 4.78 is 6.31. The Morgan fingerprint density at radius 1 is 0.674 bits per heavy atom. The second-order valence-corrected chi connectivity index (χ2v) is 12.1. The van der Waals surface area contributed by atoms with Gasteiger partial charge in [0.15, 0.2) is 5.58 Å². The van der Waals surface area contributed by atoms with E-state index in [0.717, 1.165) is 38.8 Å². The Hall–Kier alpha value is -5.08. The summed E-state index contributed by atoms with van der Waals surface area (Å²) in [7, 11) is 0. The fourth-order valence-electron chi connectivity index (χ4n) is 6.80. The highest BCUT2D eigenvalue weighted by atomic mass is 16.3. The third-order valence-corrected chi connectivity index (χ3v) is 8.93. The van der Waals surface area contributed by atoms with Gasteiger partial charge in [-0.25, -0.2) is 0 Å². The molecule has 0 aliphatic heterocycles. The van der Waals surface area contributed by atoms with Crippen molar-refractivity contribution in [2.24, 2.45) is 0 Å². The quantitative estimate of drug-likeness (QED) is 0.206. The molecule has 6 aromatic carbocycles. The van der Waals surface area contributed by atoms with E-state index >= 15 is 0 Å². The Morgan fingerprint density at radius 2 is 1.37 bits per heavy atom. The molecule has 210 valence electrons. The van der Waals surface area contributed by atoms with Gasteiger partial charge in [0.25, 0.3) is 0 Å². The smallest absolute Gasteiger partial charge is 0.158 e. The van der Waals surface area contributed by atoms with Crippen LogP contribution in [0.3, 0.4) is 0 Å². The normalized spacial score (nSPS) is 11.9. The molecular weight excluding hydrogens is 522 g/mol. The van der Waals surface area contributed by atoms with E-state index in [2.05, 4.69) is 131 Å². The molecule has 0 bridgehead atoms. The number of aryl methyl sites for hydroxylation is 2. The molecule has 2 nitrogen and oxygen atoms in total. The number of furan rings is 1. The van der Waals surface area contributed by atoms with Gasteiger partial charge in [0.1, 0.15) is 5.58 Å². The fourth-order valence-corrected chi connectivity index (χ4v) is 6.80. The van der Waals surface area contributed by atoms with E-state index in [-0.39, 0.29) is 5.54 Å². The van der Waals surface area contributed by atoms with Gasteiger partial charge in [0, 0.05) is 10.8 Å². The zero-order chi connectivity index (χ0) is 29.9. The minimum absolute atomic E-state index is 0.351. The Morgan fingerprint density at radius 3 is 2.14 bits per heavy atom. The predicted molar refractivity (Wildman–Crippen MR) is 187 cm³/mol. The molecule has 0 saturated heterocycles. The monoisotopic (exact) mass is 557 g/mol. The van der Waals surface area contributed by atoms with E-state index in [1.54, 1.807) is 0 Å². The first-order valence-corrected chi connectivity index (χ1v) is 14.8. The number of benzene rings is 6. The van der Waals surface area contributed by atoms with E-state index in [9.17, 15) is 0 Å². The average molecular weight is 558 g/mol. The topological polar surface area (TPSA) is 25.2 Å². The zero-order valence-electron chi connectivity index (χ0n) is 25.2. The molecule has 0 radical (unpaired) electrons. The Labute approximate surface area is 253 Å². The molecule has 1 aromatic heterocycles. The first kappa shape index (κ1) is 26.8. The lowest BCUT2D eigenvalue weighted by Crippen LogP contribution is -2.27. The Bertz CT molecular complexity index is 2220. The maximum absolute atomic E-state index is 6.31. The van der Waals surface area contributed by atoms with Crippen molar-refractivity contribution >= 4 is 61.3 Å². The number of para-hydroxylation sites is 2. The van der Waals surface area contributed by atoms with Crippen molar-refractivity contribution in [3.8, 4) is 11.1 Å². The number of anilines is 1. The predicted octanol–water partition coefficient (Wildman–Crippen LogP) is 11.8. The Balaban J connectivity index is 1.36. The van der Waals surface area contributed by atoms with Gasteiger partial charge in [-0.1, -0.05) is 98.1 Å². The van der Waals surface area contributed by atoms with Crippen LogP contribution in [0.25, 0.3) is 66.8 Å². The molecule has 0 amide bonds. The van der Waals surface area contributed by atoms with Crippen molar-refractivity contribution in [2.45, 2.75) is 33.2 Å². The number of nitrogens with one attached hydrogen (secondary N) is 1. The molecule has 2 heteroatoms. The SMILES string of the molecule is C=Cc1c(-c2c(C)cccc2C)cc2ccc3cc(C(C)(C)Nc4cccc5c4oc4ccccc45)ccc3c2c1C=C.